The van der Waals surface area contributed by atoms with E-state index in [1.165, 1.54) is 7.11 Å². The second kappa shape index (κ2) is 39.1. The molecular formula is C88H94O20. The summed E-state index contributed by atoms with van der Waals surface area (Å²) in [5, 5.41) is 0. The van der Waals surface area contributed by atoms with Gasteiger partial charge in [0.25, 0.3) is 0 Å². The number of cyclic esters (lactones) is 1. The van der Waals surface area contributed by atoms with Gasteiger partial charge in [0, 0.05) is 19.8 Å². The number of fused-ring (bicyclic) bond motifs is 5. The highest BCUT2D eigenvalue weighted by atomic mass is 16.8. The number of hydrogen-bond acceptors (Lipinski definition) is 20. The van der Waals surface area contributed by atoms with Crippen LogP contribution in [0.15, 0.2) is 249 Å². The summed E-state index contributed by atoms with van der Waals surface area (Å²) in [6.07, 6.45) is -17.9. The third-order valence-corrected chi connectivity index (χ3v) is 19.6. The zero-order valence-corrected chi connectivity index (χ0v) is 61.4. The summed E-state index contributed by atoms with van der Waals surface area (Å²) in [5.74, 6) is -1.06. The van der Waals surface area contributed by atoms with Gasteiger partial charge in [-0.2, -0.15) is 0 Å². The van der Waals surface area contributed by atoms with E-state index < -0.39 is 110 Å². The van der Waals surface area contributed by atoms with Crippen molar-refractivity contribution in [1.29, 1.82) is 0 Å². The van der Waals surface area contributed by atoms with Crippen molar-refractivity contribution < 1.29 is 94.9 Å². The van der Waals surface area contributed by atoms with E-state index in [0.29, 0.717) is 27.8 Å². The molecule has 9 aromatic rings. The largest absolute Gasteiger partial charge is 0.465 e. The molecule has 3 fully saturated rings. The van der Waals surface area contributed by atoms with Crippen LogP contribution < -0.4 is 0 Å². The summed E-state index contributed by atoms with van der Waals surface area (Å²) in [6.45, 7) is 3.62. The molecule has 108 heavy (non-hydrogen) atoms. The number of carbonyl (C=O) groups excluding carboxylic acids is 2. The molecule has 4 aliphatic rings. The monoisotopic (exact) mass is 1470 g/mol. The third-order valence-electron chi connectivity index (χ3n) is 19.6. The molecule has 0 aromatic heterocycles. The Morgan fingerprint density at radius 2 is 0.917 bits per heavy atom. The van der Waals surface area contributed by atoms with Crippen LogP contribution in [0.2, 0.25) is 0 Å². The summed E-state index contributed by atoms with van der Waals surface area (Å²) in [6, 6.07) is 79.4. The average molecular weight is 1470 g/mol. The maximum Gasteiger partial charge on any atom is 0.338 e. The summed E-state index contributed by atoms with van der Waals surface area (Å²) in [7, 11) is 4.48. The Bertz CT molecular complexity index is 4190. The minimum absolute atomic E-state index is 0.0176. The molecule has 566 valence electrons. The first-order chi connectivity index (χ1) is 53.1. The van der Waals surface area contributed by atoms with Gasteiger partial charge in [0.05, 0.1) is 84.3 Å². The van der Waals surface area contributed by atoms with Crippen LogP contribution in [0.4, 0.5) is 0 Å². The van der Waals surface area contributed by atoms with Crippen LogP contribution in [-0.2, 0) is 138 Å². The summed E-state index contributed by atoms with van der Waals surface area (Å²) in [4.78, 5) is 27.9. The predicted octanol–water partition coefficient (Wildman–Crippen LogP) is 13.8. The van der Waals surface area contributed by atoms with Gasteiger partial charge < -0.3 is 85.3 Å². The molecule has 4 aliphatic heterocycles. The molecule has 4 bridgehead atoms. The first-order valence-corrected chi connectivity index (χ1v) is 36.6. The van der Waals surface area contributed by atoms with Crippen LogP contribution in [-0.4, -0.2) is 145 Å². The van der Waals surface area contributed by atoms with Gasteiger partial charge >= 0.3 is 11.9 Å². The fourth-order valence-corrected chi connectivity index (χ4v) is 13.9. The maximum atomic E-state index is 14.8. The van der Waals surface area contributed by atoms with Crippen LogP contribution in [0.1, 0.15) is 88.2 Å². The fraction of sp³-hybridized carbons (Fsp3) is 0.364. The first kappa shape index (κ1) is 77.4. The van der Waals surface area contributed by atoms with Gasteiger partial charge in [0.15, 0.2) is 25.2 Å². The van der Waals surface area contributed by atoms with Crippen molar-refractivity contribution in [3.63, 3.8) is 0 Å². The van der Waals surface area contributed by atoms with Gasteiger partial charge in [-0.25, -0.2) is 9.59 Å². The number of rotatable bonds is 31. The zero-order chi connectivity index (χ0) is 74.4. The molecule has 16 atom stereocenters. The van der Waals surface area contributed by atoms with Crippen LogP contribution in [0.5, 0.6) is 0 Å². The Morgan fingerprint density at radius 3 is 1.44 bits per heavy atom. The van der Waals surface area contributed by atoms with E-state index in [1.54, 1.807) is 26.4 Å². The molecule has 0 N–H and O–H groups in total. The van der Waals surface area contributed by atoms with Gasteiger partial charge in [0.1, 0.15) is 79.9 Å². The molecule has 3 saturated heterocycles. The van der Waals surface area contributed by atoms with Gasteiger partial charge in [-0.3, -0.25) is 0 Å². The second-order valence-corrected chi connectivity index (χ2v) is 27.1. The molecular weight excluding hydrogens is 1380 g/mol. The Hall–Kier alpha value is -8.72. The highest BCUT2D eigenvalue weighted by Gasteiger charge is 2.58. The molecule has 0 amide bonds. The van der Waals surface area contributed by atoms with Gasteiger partial charge in [-0.05, 0) is 81.6 Å². The summed E-state index contributed by atoms with van der Waals surface area (Å²) >= 11 is 0. The van der Waals surface area contributed by atoms with Gasteiger partial charge in [-0.15, -0.1) is 0 Å². The summed E-state index contributed by atoms with van der Waals surface area (Å²) < 4.78 is 126. The quantitative estimate of drug-likeness (QED) is 0.0293. The van der Waals surface area contributed by atoms with E-state index in [4.69, 9.17) is 85.3 Å². The molecule has 20 nitrogen and oxygen atoms in total. The Balaban J connectivity index is 0.962. The van der Waals surface area contributed by atoms with E-state index in [0.717, 1.165) is 44.5 Å². The standard InChI is InChI=1S/C88H94O20/c1-58-41-43-66(45-69(58)83(89)91-3)47-94-55-71-75(78(97-50-62-31-17-8-18-32-62)80(86(93-5)104-71)99-51-63-33-19-9-20-34-63)107-88-82(101-53-65-37-23-11-24-38-65)79-76(73(106-88)57-103-85(92-4)68-39-25-12-26-40-68)108-87-81(100-52-64-35-21-10-22-36-64)77(96-49-61-29-15-7-16-30-61)74(95-48-60-27-13-6-14-28-60)72(105-87)56-102-84(90)70-46-67(54-98-79)44-42-59(70)2/h6-46,71-82,85-88H,47-57H2,1-5H3/t71-,72-,73-,74-,75-,76-,77+,78+,79+,80-,81-,82-,85?,86+,87-,88+/m1/s1. The molecule has 0 saturated carbocycles. The molecule has 4 heterocycles. The zero-order valence-electron chi connectivity index (χ0n) is 61.4. The van der Waals surface area contributed by atoms with E-state index in [-0.39, 0.29) is 72.7 Å². The molecule has 1 unspecified atom stereocenters. The molecule has 0 aliphatic carbocycles. The SMILES string of the molecule is COC(=O)c1cc(COC[C@H]2O[C@H](OC)[C@H](OCc3ccccc3)[C@@H](OCc3ccccc3)[C@@H]2O[C@@H]2O[C@H](COC(OC)c3ccccc3)[C@H]3O[C@H]4O[C@H](COC(=O)c5cc(ccc5C)CO[C@@H]3[C@H]2OCc2ccccc2)[C@@H](OCc2ccccc2)[C@H](OCc2ccccc2)[C@H]4OCc2ccccc2)ccc1C. The lowest BCUT2D eigenvalue weighted by atomic mass is 9.94. The van der Waals surface area contributed by atoms with Crippen LogP contribution >= 0.6 is 0 Å². The average Bonchev–Trinajstić information content (AvgIpc) is 0.760. The lowest BCUT2D eigenvalue weighted by Gasteiger charge is -2.52. The number of ether oxygens (including phenoxy) is 18. The van der Waals surface area contributed by atoms with Crippen molar-refractivity contribution >= 4 is 11.9 Å². The molecule has 13 rings (SSSR count). The van der Waals surface area contributed by atoms with E-state index >= 15 is 0 Å². The lowest BCUT2D eigenvalue weighted by Crippen LogP contribution is -2.68. The molecule has 0 radical (unpaired) electrons. The number of esters is 2. The Labute approximate surface area is 631 Å². The predicted molar refractivity (Wildman–Crippen MR) is 397 cm³/mol. The number of methoxy groups -OCH3 is 3. The minimum atomic E-state index is -1.43. The smallest absolute Gasteiger partial charge is 0.338 e. The number of benzene rings is 9. The van der Waals surface area contributed by atoms with Crippen LogP contribution in [0.3, 0.4) is 0 Å². The van der Waals surface area contributed by atoms with Crippen LogP contribution in [0.25, 0.3) is 0 Å². The topological polar surface area (TPSA) is 200 Å². The molecule has 20 heteroatoms. The van der Waals surface area contributed by atoms with E-state index in [2.05, 4.69) is 0 Å². The van der Waals surface area contributed by atoms with Crippen molar-refractivity contribution in [3.05, 3.63) is 321 Å². The normalized spacial score (nSPS) is 25.4. The lowest BCUT2D eigenvalue weighted by molar-refractivity contribution is -0.395. The van der Waals surface area contributed by atoms with Crippen molar-refractivity contribution in [3.8, 4) is 0 Å². The third kappa shape index (κ3) is 20.4. The highest BCUT2D eigenvalue weighted by Crippen LogP contribution is 2.41. The first-order valence-electron chi connectivity index (χ1n) is 36.6. The van der Waals surface area contributed by atoms with Gasteiger partial charge in [-0.1, -0.05) is 237 Å². The Kier molecular flexibility index (Phi) is 28.0. The maximum absolute atomic E-state index is 14.8. The van der Waals surface area contributed by atoms with Crippen molar-refractivity contribution in [2.24, 2.45) is 0 Å². The number of carbonyl (C=O) groups is 2. The number of hydrogen-bond donors (Lipinski definition) is 0. The fourth-order valence-electron chi connectivity index (χ4n) is 13.9. The van der Waals surface area contributed by atoms with Gasteiger partial charge in [0.2, 0.25) is 0 Å². The van der Waals surface area contributed by atoms with Crippen molar-refractivity contribution in [1.82, 2.24) is 0 Å². The molecule has 9 aromatic carbocycles. The highest BCUT2D eigenvalue weighted by molar-refractivity contribution is 5.91. The second-order valence-electron chi connectivity index (χ2n) is 27.1. The minimum Gasteiger partial charge on any atom is -0.465 e. The Morgan fingerprint density at radius 1 is 0.435 bits per heavy atom. The van der Waals surface area contributed by atoms with Crippen molar-refractivity contribution in [2.45, 2.75) is 165 Å². The number of aryl methyl sites for hydroxylation is 2. The molecule has 0 spiro atoms. The van der Waals surface area contributed by atoms with Crippen molar-refractivity contribution in [2.75, 3.05) is 41.2 Å². The summed E-state index contributed by atoms with van der Waals surface area (Å²) in [5.41, 5.74) is 9.40. The van der Waals surface area contributed by atoms with E-state index in [9.17, 15) is 9.59 Å². The van der Waals surface area contributed by atoms with E-state index in [1.807, 2.05) is 250 Å². The van der Waals surface area contributed by atoms with Crippen LogP contribution in [0, 0.1) is 13.8 Å².